The fourth-order valence-electron chi connectivity index (χ4n) is 1.66. The van der Waals surface area contributed by atoms with Gasteiger partial charge in [0.15, 0.2) is 11.6 Å². The van der Waals surface area contributed by atoms with E-state index >= 15 is 0 Å². The minimum atomic E-state index is -1.13. The van der Waals surface area contributed by atoms with Gasteiger partial charge in [0.05, 0.1) is 12.6 Å². The molecule has 0 heterocycles. The minimum Gasteiger partial charge on any atom is -0.393 e. The Morgan fingerprint density at radius 1 is 1.18 bits per heavy atom. The number of halogens is 2. The van der Waals surface area contributed by atoms with Crippen LogP contribution in [-0.4, -0.2) is 36.1 Å². The summed E-state index contributed by atoms with van der Waals surface area (Å²) >= 11 is 0. The van der Waals surface area contributed by atoms with Crippen molar-refractivity contribution in [1.29, 1.82) is 0 Å². The molecule has 1 aromatic carbocycles. The molecule has 22 heavy (non-hydrogen) atoms. The Kier molecular flexibility index (Phi) is 6.91. The van der Waals surface area contributed by atoms with Gasteiger partial charge >= 0.3 is 0 Å². The van der Waals surface area contributed by atoms with Crippen LogP contribution in [0.25, 0.3) is 0 Å². The molecule has 0 saturated heterocycles. The maximum Gasteiger partial charge on any atom is 0.251 e. The predicted molar refractivity (Wildman–Crippen MR) is 77.2 cm³/mol. The Labute approximate surface area is 127 Å². The maximum absolute atomic E-state index is 13.0. The van der Waals surface area contributed by atoms with Crippen LogP contribution in [0.2, 0.25) is 0 Å². The van der Waals surface area contributed by atoms with E-state index in [1.165, 1.54) is 0 Å². The van der Waals surface area contributed by atoms with Crippen LogP contribution in [0.4, 0.5) is 8.78 Å². The molecule has 0 spiro atoms. The van der Waals surface area contributed by atoms with Crippen molar-refractivity contribution in [2.75, 3.05) is 13.1 Å². The summed E-state index contributed by atoms with van der Waals surface area (Å²) in [5.41, 5.74) is -0.0677. The van der Waals surface area contributed by atoms with Crippen LogP contribution in [0, 0.1) is 17.6 Å². The fourth-order valence-corrected chi connectivity index (χ4v) is 1.66. The second-order valence-corrected chi connectivity index (χ2v) is 5.26. The first-order valence-electron chi connectivity index (χ1n) is 6.99. The van der Waals surface area contributed by atoms with E-state index in [1.54, 1.807) is 0 Å². The molecule has 5 nitrogen and oxygen atoms in total. The van der Waals surface area contributed by atoms with Crippen LogP contribution >= 0.6 is 0 Å². The Hall–Kier alpha value is -2.02. The van der Waals surface area contributed by atoms with Gasteiger partial charge in [-0.15, -0.1) is 0 Å². The molecule has 0 aromatic heterocycles. The highest BCUT2D eigenvalue weighted by Gasteiger charge is 2.12. The second-order valence-electron chi connectivity index (χ2n) is 5.26. The normalized spacial score (nSPS) is 12.1. The SMILES string of the molecule is CC(C)C(O)CCNC(=O)CNC(=O)c1ccc(F)c(F)c1. The van der Waals surface area contributed by atoms with Gasteiger partial charge in [-0.05, 0) is 30.5 Å². The third kappa shape index (κ3) is 5.77. The van der Waals surface area contributed by atoms with Crippen LogP contribution in [0.15, 0.2) is 18.2 Å². The Morgan fingerprint density at radius 2 is 1.86 bits per heavy atom. The molecule has 1 aromatic rings. The van der Waals surface area contributed by atoms with Crippen molar-refractivity contribution in [2.24, 2.45) is 5.92 Å². The van der Waals surface area contributed by atoms with Gasteiger partial charge in [-0.25, -0.2) is 8.78 Å². The maximum atomic E-state index is 13.0. The number of rotatable bonds is 7. The highest BCUT2D eigenvalue weighted by atomic mass is 19.2. The summed E-state index contributed by atoms with van der Waals surface area (Å²) in [4.78, 5) is 23.2. The number of aliphatic hydroxyl groups is 1. The number of amides is 2. The average molecular weight is 314 g/mol. The summed E-state index contributed by atoms with van der Waals surface area (Å²) in [5, 5.41) is 14.4. The zero-order valence-electron chi connectivity index (χ0n) is 12.5. The molecule has 0 aliphatic carbocycles. The molecular weight excluding hydrogens is 294 g/mol. The topological polar surface area (TPSA) is 78.4 Å². The molecule has 1 atom stereocenters. The average Bonchev–Trinajstić information content (AvgIpc) is 2.47. The summed E-state index contributed by atoms with van der Waals surface area (Å²) < 4.78 is 25.7. The third-order valence-corrected chi connectivity index (χ3v) is 3.12. The van der Waals surface area contributed by atoms with Crippen molar-refractivity contribution in [1.82, 2.24) is 10.6 Å². The summed E-state index contributed by atoms with van der Waals surface area (Å²) in [6, 6.07) is 2.74. The van der Waals surface area contributed by atoms with Gasteiger partial charge in [0.25, 0.3) is 5.91 Å². The van der Waals surface area contributed by atoms with E-state index in [0.717, 1.165) is 18.2 Å². The summed E-state index contributed by atoms with van der Waals surface area (Å²) in [5.74, 6) is -3.16. The first kappa shape index (κ1) is 18.0. The number of hydrogen-bond acceptors (Lipinski definition) is 3. The van der Waals surface area contributed by atoms with Gasteiger partial charge in [0.2, 0.25) is 5.91 Å². The molecule has 0 bridgehead atoms. The van der Waals surface area contributed by atoms with E-state index in [9.17, 15) is 23.5 Å². The summed E-state index contributed by atoms with van der Waals surface area (Å²) in [7, 11) is 0. The molecule has 0 radical (unpaired) electrons. The van der Waals surface area contributed by atoms with Crippen molar-refractivity contribution in [3.63, 3.8) is 0 Å². The van der Waals surface area contributed by atoms with Gasteiger partial charge in [0.1, 0.15) is 0 Å². The Morgan fingerprint density at radius 3 is 2.45 bits per heavy atom. The highest BCUT2D eigenvalue weighted by Crippen LogP contribution is 2.08. The smallest absolute Gasteiger partial charge is 0.251 e. The number of carbonyl (C=O) groups is 2. The number of nitrogens with one attached hydrogen (secondary N) is 2. The van der Waals surface area contributed by atoms with Crippen LogP contribution in [0.5, 0.6) is 0 Å². The van der Waals surface area contributed by atoms with E-state index in [1.807, 2.05) is 13.8 Å². The van der Waals surface area contributed by atoms with Crippen molar-refractivity contribution >= 4 is 11.8 Å². The van der Waals surface area contributed by atoms with Gasteiger partial charge in [-0.1, -0.05) is 13.8 Å². The predicted octanol–water partition coefficient (Wildman–Crippen LogP) is 1.22. The first-order chi connectivity index (χ1) is 10.3. The summed E-state index contributed by atoms with van der Waals surface area (Å²) in [6.07, 6.45) is -0.0855. The monoisotopic (exact) mass is 314 g/mol. The molecular formula is C15H20F2N2O3. The molecule has 0 fully saturated rings. The standard InChI is InChI=1S/C15H20F2N2O3/c1-9(2)13(20)5-6-18-14(21)8-19-15(22)10-3-4-11(16)12(17)7-10/h3-4,7,9,13,20H,5-6,8H2,1-2H3,(H,18,21)(H,19,22). The largest absolute Gasteiger partial charge is 0.393 e. The second kappa shape index (κ2) is 8.43. The van der Waals surface area contributed by atoms with E-state index in [0.29, 0.717) is 13.0 Å². The zero-order chi connectivity index (χ0) is 16.7. The molecule has 7 heteroatoms. The molecule has 2 amide bonds. The van der Waals surface area contributed by atoms with Gasteiger partial charge in [-0.3, -0.25) is 9.59 Å². The van der Waals surface area contributed by atoms with Crippen molar-refractivity contribution < 1.29 is 23.5 Å². The lowest BCUT2D eigenvalue weighted by molar-refractivity contribution is -0.120. The molecule has 0 aliphatic heterocycles. The first-order valence-corrected chi connectivity index (χ1v) is 6.99. The van der Waals surface area contributed by atoms with Crippen LogP contribution in [0.3, 0.4) is 0 Å². The highest BCUT2D eigenvalue weighted by molar-refractivity contribution is 5.96. The van der Waals surface area contributed by atoms with Gasteiger partial charge < -0.3 is 15.7 Å². The lowest BCUT2D eigenvalue weighted by Crippen LogP contribution is -2.38. The quantitative estimate of drug-likeness (QED) is 0.708. The molecule has 1 rings (SSSR count). The van der Waals surface area contributed by atoms with E-state index in [2.05, 4.69) is 10.6 Å². The molecule has 0 aliphatic rings. The Bertz CT molecular complexity index is 536. The molecule has 3 N–H and O–H groups in total. The van der Waals surface area contributed by atoms with Gasteiger partial charge in [0, 0.05) is 12.1 Å². The molecule has 122 valence electrons. The van der Waals surface area contributed by atoms with Crippen LogP contribution in [0.1, 0.15) is 30.6 Å². The number of hydrogen-bond donors (Lipinski definition) is 3. The van der Waals surface area contributed by atoms with E-state index < -0.39 is 29.6 Å². The van der Waals surface area contributed by atoms with E-state index in [-0.39, 0.29) is 18.0 Å². The number of carbonyl (C=O) groups excluding carboxylic acids is 2. The molecule has 1 unspecified atom stereocenters. The van der Waals surface area contributed by atoms with Crippen molar-refractivity contribution in [3.8, 4) is 0 Å². The third-order valence-electron chi connectivity index (χ3n) is 3.12. The van der Waals surface area contributed by atoms with Gasteiger partial charge in [-0.2, -0.15) is 0 Å². The molecule has 0 saturated carbocycles. The fraction of sp³-hybridized carbons (Fsp3) is 0.467. The van der Waals surface area contributed by atoms with Crippen LogP contribution < -0.4 is 10.6 Å². The minimum absolute atomic E-state index is 0.0677. The number of aliphatic hydroxyl groups excluding tert-OH is 1. The number of benzene rings is 1. The van der Waals surface area contributed by atoms with Crippen molar-refractivity contribution in [2.45, 2.75) is 26.4 Å². The Balaban J connectivity index is 2.34. The van der Waals surface area contributed by atoms with E-state index in [4.69, 9.17) is 0 Å². The lowest BCUT2D eigenvalue weighted by atomic mass is 10.0. The summed E-state index contributed by atoms with van der Waals surface area (Å²) in [6.45, 7) is 3.75. The van der Waals surface area contributed by atoms with Crippen molar-refractivity contribution in [3.05, 3.63) is 35.4 Å². The zero-order valence-corrected chi connectivity index (χ0v) is 12.5. The lowest BCUT2D eigenvalue weighted by Gasteiger charge is -2.14. The van der Waals surface area contributed by atoms with Crippen LogP contribution in [-0.2, 0) is 4.79 Å².